The molecule has 2 fully saturated rings. The zero-order chi connectivity index (χ0) is 19.7. The smallest absolute Gasteiger partial charge is 0.325 e. The summed E-state index contributed by atoms with van der Waals surface area (Å²) in [7, 11) is 0. The molecule has 2 aromatic rings. The van der Waals surface area contributed by atoms with Crippen LogP contribution in [0.4, 0.5) is 4.79 Å². The summed E-state index contributed by atoms with van der Waals surface area (Å²) in [6.07, 6.45) is 2.26. The molecule has 2 unspecified atom stereocenters. The quantitative estimate of drug-likeness (QED) is 0.788. The maximum Gasteiger partial charge on any atom is 0.325 e. The van der Waals surface area contributed by atoms with Crippen LogP contribution in [0.5, 0.6) is 0 Å². The highest BCUT2D eigenvalue weighted by molar-refractivity contribution is 7.10. The van der Waals surface area contributed by atoms with E-state index in [2.05, 4.69) is 5.32 Å². The highest BCUT2D eigenvalue weighted by atomic mass is 32.1. The van der Waals surface area contributed by atoms with Crippen molar-refractivity contribution in [3.8, 4) is 0 Å². The van der Waals surface area contributed by atoms with Gasteiger partial charge in [-0.3, -0.25) is 14.5 Å². The SMILES string of the molecule is CCC1(c2ccccc2)NC(=O)N(CC(=O)N2CCCC2c2cccs2)C1=O. The number of carbonyl (C=O) groups excluding carboxylic acids is 3. The number of hydrogen-bond donors (Lipinski definition) is 1. The van der Waals surface area contributed by atoms with Crippen LogP contribution in [-0.2, 0) is 15.1 Å². The second kappa shape index (κ2) is 7.39. The molecule has 3 heterocycles. The lowest BCUT2D eigenvalue weighted by atomic mass is 9.87. The van der Waals surface area contributed by atoms with Crippen molar-refractivity contribution in [3.63, 3.8) is 0 Å². The molecule has 2 atom stereocenters. The van der Waals surface area contributed by atoms with E-state index in [9.17, 15) is 14.4 Å². The minimum atomic E-state index is -1.10. The van der Waals surface area contributed by atoms with Gasteiger partial charge in [0.25, 0.3) is 5.91 Å². The normalized spacial score (nSPS) is 24.7. The third kappa shape index (κ3) is 2.99. The van der Waals surface area contributed by atoms with Gasteiger partial charge in [-0.25, -0.2) is 4.79 Å². The monoisotopic (exact) mass is 397 g/mol. The van der Waals surface area contributed by atoms with Gasteiger partial charge in [-0.15, -0.1) is 11.3 Å². The van der Waals surface area contributed by atoms with Crippen molar-refractivity contribution in [1.82, 2.24) is 15.1 Å². The molecular weight excluding hydrogens is 374 g/mol. The number of rotatable bonds is 5. The molecule has 1 aromatic carbocycles. The molecule has 0 radical (unpaired) electrons. The van der Waals surface area contributed by atoms with E-state index in [0.29, 0.717) is 13.0 Å². The van der Waals surface area contributed by atoms with E-state index in [4.69, 9.17) is 0 Å². The highest BCUT2D eigenvalue weighted by Gasteiger charge is 2.52. The molecule has 1 N–H and O–H groups in total. The van der Waals surface area contributed by atoms with E-state index in [1.54, 1.807) is 16.2 Å². The molecule has 2 aliphatic rings. The van der Waals surface area contributed by atoms with Crippen LogP contribution in [-0.4, -0.2) is 40.7 Å². The summed E-state index contributed by atoms with van der Waals surface area (Å²) in [5, 5.41) is 4.84. The van der Waals surface area contributed by atoms with Gasteiger partial charge in [0.1, 0.15) is 12.1 Å². The predicted octanol–water partition coefficient (Wildman–Crippen LogP) is 3.27. The molecule has 0 aliphatic carbocycles. The van der Waals surface area contributed by atoms with Crippen LogP contribution in [0, 0.1) is 0 Å². The van der Waals surface area contributed by atoms with Gasteiger partial charge in [0, 0.05) is 11.4 Å². The van der Waals surface area contributed by atoms with Crippen molar-refractivity contribution in [3.05, 3.63) is 58.3 Å². The number of hydrogen-bond acceptors (Lipinski definition) is 4. The third-order valence-corrected chi connectivity index (χ3v) is 6.68. The summed E-state index contributed by atoms with van der Waals surface area (Å²) in [5.41, 5.74) is -0.361. The first-order chi connectivity index (χ1) is 13.6. The van der Waals surface area contributed by atoms with Crippen molar-refractivity contribution < 1.29 is 14.4 Å². The number of imide groups is 1. The molecule has 6 nitrogen and oxygen atoms in total. The molecule has 0 saturated carbocycles. The molecule has 0 spiro atoms. The second-order valence-corrected chi connectivity index (χ2v) is 8.19. The van der Waals surface area contributed by atoms with Gasteiger partial charge in [-0.05, 0) is 36.3 Å². The minimum absolute atomic E-state index is 0.0401. The Morgan fingerprint density at radius 2 is 2.00 bits per heavy atom. The first-order valence-electron chi connectivity index (χ1n) is 9.59. The topological polar surface area (TPSA) is 69.7 Å². The summed E-state index contributed by atoms with van der Waals surface area (Å²) in [5.74, 6) is -0.536. The molecule has 7 heteroatoms. The average molecular weight is 398 g/mol. The maximum atomic E-state index is 13.2. The van der Waals surface area contributed by atoms with Gasteiger partial charge >= 0.3 is 6.03 Å². The van der Waals surface area contributed by atoms with E-state index in [1.807, 2.05) is 54.8 Å². The van der Waals surface area contributed by atoms with E-state index >= 15 is 0 Å². The van der Waals surface area contributed by atoms with Gasteiger partial charge in [0.2, 0.25) is 5.91 Å². The third-order valence-electron chi connectivity index (χ3n) is 5.71. The molecule has 0 bridgehead atoms. The summed E-state index contributed by atoms with van der Waals surface area (Å²) >= 11 is 1.63. The van der Waals surface area contributed by atoms with Crippen molar-refractivity contribution in [1.29, 1.82) is 0 Å². The van der Waals surface area contributed by atoms with Crippen molar-refractivity contribution in [2.75, 3.05) is 13.1 Å². The Balaban J connectivity index is 1.54. The summed E-state index contributed by atoms with van der Waals surface area (Å²) in [4.78, 5) is 42.8. The summed E-state index contributed by atoms with van der Waals surface area (Å²) in [6, 6.07) is 12.8. The van der Waals surface area contributed by atoms with Crippen molar-refractivity contribution >= 4 is 29.2 Å². The fraction of sp³-hybridized carbons (Fsp3) is 0.381. The first-order valence-corrected chi connectivity index (χ1v) is 10.5. The van der Waals surface area contributed by atoms with Gasteiger partial charge in [-0.1, -0.05) is 43.3 Å². The number of nitrogens with zero attached hydrogens (tertiary/aromatic N) is 2. The van der Waals surface area contributed by atoms with Crippen LogP contribution >= 0.6 is 11.3 Å². The van der Waals surface area contributed by atoms with Gasteiger partial charge < -0.3 is 10.2 Å². The molecule has 2 saturated heterocycles. The van der Waals surface area contributed by atoms with Crippen LogP contribution in [0.1, 0.15) is 42.7 Å². The molecular formula is C21H23N3O3S. The van der Waals surface area contributed by atoms with Crippen LogP contribution in [0.2, 0.25) is 0 Å². The van der Waals surface area contributed by atoms with E-state index < -0.39 is 11.6 Å². The lowest BCUT2D eigenvalue weighted by Crippen LogP contribution is -2.45. The van der Waals surface area contributed by atoms with E-state index in [0.717, 1.165) is 28.2 Å². The van der Waals surface area contributed by atoms with E-state index in [1.165, 1.54) is 0 Å². The van der Waals surface area contributed by atoms with Gasteiger partial charge in [-0.2, -0.15) is 0 Å². The fourth-order valence-electron chi connectivity index (χ4n) is 4.20. The molecule has 1 aromatic heterocycles. The summed E-state index contributed by atoms with van der Waals surface area (Å²) in [6.45, 7) is 2.30. The van der Waals surface area contributed by atoms with Crippen LogP contribution in [0.3, 0.4) is 0 Å². The zero-order valence-corrected chi connectivity index (χ0v) is 16.6. The maximum absolute atomic E-state index is 13.2. The Hall–Kier alpha value is -2.67. The molecule has 28 heavy (non-hydrogen) atoms. The molecule has 2 aliphatic heterocycles. The van der Waals surface area contributed by atoms with Crippen molar-refractivity contribution in [2.45, 2.75) is 37.8 Å². The van der Waals surface area contributed by atoms with Gasteiger partial charge in [0.05, 0.1) is 6.04 Å². The standard InChI is InChI=1S/C21H23N3O3S/c1-2-21(15-8-4-3-5-9-15)19(26)24(20(27)22-21)14-18(25)23-12-6-10-16(23)17-11-7-13-28-17/h3-5,7-9,11,13,16H,2,6,10,12,14H2,1H3,(H,22,27). The second-order valence-electron chi connectivity index (χ2n) is 7.21. The Kier molecular flexibility index (Phi) is 4.93. The van der Waals surface area contributed by atoms with Crippen LogP contribution in [0.25, 0.3) is 0 Å². The Labute approximate surface area is 168 Å². The van der Waals surface area contributed by atoms with Crippen LogP contribution < -0.4 is 5.32 Å². The summed E-state index contributed by atoms with van der Waals surface area (Å²) < 4.78 is 0. The first kappa shape index (κ1) is 18.7. The average Bonchev–Trinajstić information content (AvgIpc) is 3.44. The Morgan fingerprint density at radius 1 is 1.21 bits per heavy atom. The largest absolute Gasteiger partial charge is 0.333 e. The highest BCUT2D eigenvalue weighted by Crippen LogP contribution is 2.36. The zero-order valence-electron chi connectivity index (χ0n) is 15.8. The predicted molar refractivity (Wildman–Crippen MR) is 107 cm³/mol. The van der Waals surface area contributed by atoms with Gasteiger partial charge in [0.15, 0.2) is 0 Å². The molecule has 4 rings (SSSR count). The van der Waals surface area contributed by atoms with E-state index in [-0.39, 0.29) is 24.4 Å². The fourth-order valence-corrected chi connectivity index (χ4v) is 5.07. The number of nitrogens with one attached hydrogen (secondary N) is 1. The lowest BCUT2D eigenvalue weighted by molar-refractivity contribution is -0.139. The number of likely N-dealkylation sites (tertiary alicyclic amines) is 1. The number of carbonyl (C=O) groups is 3. The lowest BCUT2D eigenvalue weighted by Gasteiger charge is -2.27. The molecule has 4 amide bonds. The Bertz CT molecular complexity index is 884. The Morgan fingerprint density at radius 3 is 2.68 bits per heavy atom. The number of thiophene rings is 1. The molecule has 146 valence electrons. The number of amides is 4. The minimum Gasteiger partial charge on any atom is -0.333 e. The number of urea groups is 1. The number of benzene rings is 1. The van der Waals surface area contributed by atoms with Crippen molar-refractivity contribution in [2.24, 2.45) is 0 Å². The van der Waals surface area contributed by atoms with Crippen LogP contribution in [0.15, 0.2) is 47.8 Å².